The predicted molar refractivity (Wildman–Crippen MR) is 76.9 cm³/mol. The van der Waals surface area contributed by atoms with Crippen LogP contribution in [0.25, 0.3) is 0 Å². The first-order chi connectivity index (χ1) is 9.95. The SMILES string of the molecule is CCn1ncc(Br)c1C(=O)NCc1cnn(C)c1C(=O)O. The van der Waals surface area contributed by atoms with Crippen molar-refractivity contribution in [2.24, 2.45) is 7.05 Å². The van der Waals surface area contributed by atoms with Gasteiger partial charge in [-0.3, -0.25) is 14.2 Å². The Balaban J connectivity index is 2.15. The molecule has 0 aliphatic carbocycles. The third kappa shape index (κ3) is 2.97. The molecule has 0 spiro atoms. The second-order valence-electron chi connectivity index (χ2n) is 4.29. The number of aryl methyl sites for hydroxylation is 2. The molecule has 8 nitrogen and oxygen atoms in total. The van der Waals surface area contributed by atoms with Crippen LogP contribution in [0.15, 0.2) is 16.9 Å². The van der Waals surface area contributed by atoms with Gasteiger partial charge >= 0.3 is 5.97 Å². The van der Waals surface area contributed by atoms with E-state index in [9.17, 15) is 9.59 Å². The first-order valence-electron chi connectivity index (χ1n) is 6.19. The topological polar surface area (TPSA) is 102 Å². The van der Waals surface area contributed by atoms with Crippen molar-refractivity contribution in [1.82, 2.24) is 24.9 Å². The molecule has 0 unspecified atom stereocenters. The van der Waals surface area contributed by atoms with Gasteiger partial charge in [-0.1, -0.05) is 0 Å². The lowest BCUT2D eigenvalue weighted by Crippen LogP contribution is -2.26. The van der Waals surface area contributed by atoms with E-state index in [0.29, 0.717) is 22.3 Å². The van der Waals surface area contributed by atoms with E-state index < -0.39 is 5.97 Å². The molecule has 21 heavy (non-hydrogen) atoms. The smallest absolute Gasteiger partial charge is 0.354 e. The highest BCUT2D eigenvalue weighted by molar-refractivity contribution is 9.10. The van der Waals surface area contributed by atoms with Gasteiger partial charge < -0.3 is 10.4 Å². The van der Waals surface area contributed by atoms with Crippen LogP contribution in [-0.4, -0.2) is 36.5 Å². The van der Waals surface area contributed by atoms with Crippen LogP contribution < -0.4 is 5.32 Å². The first kappa shape index (κ1) is 15.2. The van der Waals surface area contributed by atoms with Crippen LogP contribution in [0.5, 0.6) is 0 Å². The maximum atomic E-state index is 12.2. The van der Waals surface area contributed by atoms with Gasteiger partial charge in [-0.15, -0.1) is 0 Å². The van der Waals surface area contributed by atoms with Crippen LogP contribution in [0.1, 0.15) is 33.5 Å². The lowest BCUT2D eigenvalue weighted by atomic mass is 10.2. The van der Waals surface area contributed by atoms with Crippen molar-refractivity contribution in [3.05, 3.63) is 33.8 Å². The van der Waals surface area contributed by atoms with Gasteiger partial charge in [0.25, 0.3) is 5.91 Å². The number of carbonyl (C=O) groups excluding carboxylic acids is 1. The number of rotatable bonds is 5. The number of hydrogen-bond donors (Lipinski definition) is 2. The molecule has 0 aromatic carbocycles. The van der Waals surface area contributed by atoms with Gasteiger partial charge in [0.05, 0.1) is 16.9 Å². The summed E-state index contributed by atoms with van der Waals surface area (Å²) < 4.78 is 3.41. The predicted octanol–water partition coefficient (Wildman–Crippen LogP) is 1.03. The zero-order valence-corrected chi connectivity index (χ0v) is 13.1. The second-order valence-corrected chi connectivity index (χ2v) is 5.14. The van der Waals surface area contributed by atoms with E-state index in [0.717, 1.165) is 0 Å². The van der Waals surface area contributed by atoms with Gasteiger partial charge in [0, 0.05) is 25.7 Å². The molecule has 0 atom stereocenters. The molecule has 2 N–H and O–H groups in total. The van der Waals surface area contributed by atoms with E-state index >= 15 is 0 Å². The minimum absolute atomic E-state index is 0.0540. The van der Waals surface area contributed by atoms with Crippen molar-refractivity contribution >= 4 is 27.8 Å². The zero-order chi connectivity index (χ0) is 15.6. The number of nitrogens with one attached hydrogen (secondary N) is 1. The van der Waals surface area contributed by atoms with Crippen molar-refractivity contribution in [2.75, 3.05) is 0 Å². The van der Waals surface area contributed by atoms with Crippen molar-refractivity contribution in [3.8, 4) is 0 Å². The molecule has 9 heteroatoms. The maximum Gasteiger partial charge on any atom is 0.354 e. The number of aromatic carboxylic acids is 1. The average molecular weight is 356 g/mol. The maximum absolute atomic E-state index is 12.2. The fraction of sp³-hybridized carbons (Fsp3) is 0.333. The van der Waals surface area contributed by atoms with Crippen LogP contribution in [0.4, 0.5) is 0 Å². The summed E-state index contributed by atoms with van der Waals surface area (Å²) >= 11 is 3.27. The van der Waals surface area contributed by atoms with E-state index in [1.807, 2.05) is 6.92 Å². The number of carboxylic acid groups (broad SMARTS) is 1. The molecule has 2 heterocycles. The van der Waals surface area contributed by atoms with Crippen LogP contribution in [0.3, 0.4) is 0 Å². The first-order valence-corrected chi connectivity index (χ1v) is 6.98. The third-order valence-electron chi connectivity index (χ3n) is 2.97. The average Bonchev–Trinajstić information content (AvgIpc) is 2.99. The molecule has 112 valence electrons. The van der Waals surface area contributed by atoms with E-state index in [1.165, 1.54) is 17.9 Å². The molecule has 0 fully saturated rings. The monoisotopic (exact) mass is 355 g/mol. The molecule has 2 aromatic rings. The molecule has 0 saturated heterocycles. The minimum atomic E-state index is -1.08. The molecule has 0 radical (unpaired) electrons. The Morgan fingerprint density at radius 3 is 2.67 bits per heavy atom. The van der Waals surface area contributed by atoms with Gasteiger partial charge in [0.1, 0.15) is 5.69 Å². The molecule has 1 amide bonds. The number of carbonyl (C=O) groups is 2. The normalized spacial score (nSPS) is 10.6. The lowest BCUT2D eigenvalue weighted by molar-refractivity contribution is 0.0682. The van der Waals surface area contributed by atoms with Crippen LogP contribution in [0, 0.1) is 0 Å². The molecule has 0 saturated carbocycles. The summed E-state index contributed by atoms with van der Waals surface area (Å²) in [7, 11) is 1.54. The summed E-state index contributed by atoms with van der Waals surface area (Å²) in [6.45, 7) is 2.51. The van der Waals surface area contributed by atoms with Gasteiger partial charge in [-0.05, 0) is 22.9 Å². The third-order valence-corrected chi connectivity index (χ3v) is 3.55. The number of nitrogens with zero attached hydrogens (tertiary/aromatic N) is 4. The second kappa shape index (κ2) is 6.08. The molecule has 0 aliphatic rings. The van der Waals surface area contributed by atoms with Gasteiger partial charge in [-0.25, -0.2) is 4.79 Å². The molecule has 2 rings (SSSR count). The Labute approximate surface area is 128 Å². The molecule has 2 aromatic heterocycles. The summed E-state index contributed by atoms with van der Waals surface area (Å²) in [6, 6.07) is 0. The van der Waals surface area contributed by atoms with Crippen molar-refractivity contribution in [3.63, 3.8) is 0 Å². The number of halogens is 1. The number of carboxylic acids is 1. The molecule has 0 bridgehead atoms. The number of amides is 1. The highest BCUT2D eigenvalue weighted by atomic mass is 79.9. The van der Waals surface area contributed by atoms with E-state index in [-0.39, 0.29) is 18.1 Å². The van der Waals surface area contributed by atoms with Gasteiger partial charge in [0.15, 0.2) is 5.69 Å². The Morgan fingerprint density at radius 2 is 2.05 bits per heavy atom. The Bertz CT molecular complexity index is 691. The number of aromatic nitrogens is 4. The lowest BCUT2D eigenvalue weighted by Gasteiger charge is -2.07. The highest BCUT2D eigenvalue weighted by Crippen LogP contribution is 2.16. The minimum Gasteiger partial charge on any atom is -0.477 e. The largest absolute Gasteiger partial charge is 0.477 e. The fourth-order valence-corrected chi connectivity index (χ4v) is 2.45. The molecular weight excluding hydrogens is 342 g/mol. The van der Waals surface area contributed by atoms with E-state index in [2.05, 4.69) is 31.4 Å². The van der Waals surface area contributed by atoms with E-state index in [4.69, 9.17) is 5.11 Å². The Morgan fingerprint density at radius 1 is 1.33 bits per heavy atom. The quantitative estimate of drug-likeness (QED) is 0.833. The van der Waals surface area contributed by atoms with Crippen molar-refractivity contribution in [2.45, 2.75) is 20.0 Å². The zero-order valence-electron chi connectivity index (χ0n) is 11.5. The summed E-state index contributed by atoms with van der Waals surface area (Å²) in [5.41, 5.74) is 0.897. The van der Waals surface area contributed by atoms with Crippen molar-refractivity contribution in [1.29, 1.82) is 0 Å². The highest BCUT2D eigenvalue weighted by Gasteiger charge is 2.19. The van der Waals surface area contributed by atoms with Gasteiger partial charge in [0.2, 0.25) is 0 Å². The van der Waals surface area contributed by atoms with Crippen LogP contribution >= 0.6 is 15.9 Å². The van der Waals surface area contributed by atoms with Gasteiger partial charge in [-0.2, -0.15) is 10.2 Å². The summed E-state index contributed by atoms with van der Waals surface area (Å²) in [5, 5.41) is 19.7. The summed E-state index contributed by atoms with van der Waals surface area (Å²) in [4.78, 5) is 23.3. The number of hydrogen-bond acceptors (Lipinski definition) is 4. The Hall–Kier alpha value is -2.16. The van der Waals surface area contributed by atoms with Crippen LogP contribution in [0.2, 0.25) is 0 Å². The molecular formula is C12H14BrN5O3. The van der Waals surface area contributed by atoms with Crippen molar-refractivity contribution < 1.29 is 14.7 Å². The summed E-state index contributed by atoms with van der Waals surface area (Å²) in [6.07, 6.45) is 2.97. The fourth-order valence-electron chi connectivity index (χ4n) is 1.98. The van der Waals surface area contributed by atoms with Crippen LogP contribution in [-0.2, 0) is 20.1 Å². The standard InChI is InChI=1S/C12H14BrN5O3/c1-3-18-10(8(13)6-16-18)11(19)14-4-7-5-15-17(2)9(7)12(20)21/h5-6H,3-4H2,1-2H3,(H,14,19)(H,20,21). The summed E-state index contributed by atoms with van der Waals surface area (Å²) in [5.74, 6) is -1.42. The van der Waals surface area contributed by atoms with E-state index in [1.54, 1.807) is 10.9 Å². The Kier molecular flexibility index (Phi) is 4.41. The molecule has 0 aliphatic heterocycles.